The number of rotatable bonds is 1. The number of benzene rings is 1. The van der Waals surface area contributed by atoms with Crippen molar-refractivity contribution in [2.75, 3.05) is 36.8 Å². The van der Waals surface area contributed by atoms with Crippen LogP contribution in [-0.4, -0.2) is 42.8 Å². The van der Waals surface area contributed by atoms with Gasteiger partial charge in [-0.15, -0.1) is 0 Å². The number of halogens is 1. The molecule has 0 saturated carbocycles. The lowest BCUT2D eigenvalue weighted by atomic mass is 10.2. The third-order valence-electron chi connectivity index (χ3n) is 3.24. The molecule has 0 aliphatic carbocycles. The number of piperazine rings is 1. The van der Waals surface area contributed by atoms with Crippen molar-refractivity contribution >= 4 is 40.1 Å². The van der Waals surface area contributed by atoms with Crippen LogP contribution in [0.1, 0.15) is 20.8 Å². The van der Waals surface area contributed by atoms with Crippen molar-refractivity contribution in [3.8, 4) is 0 Å². The van der Waals surface area contributed by atoms with Crippen LogP contribution >= 0.6 is 22.6 Å². The van der Waals surface area contributed by atoms with E-state index in [4.69, 9.17) is 10.5 Å². The average molecular weight is 403 g/mol. The van der Waals surface area contributed by atoms with Gasteiger partial charge in [-0.05, 0) is 61.6 Å². The van der Waals surface area contributed by atoms with Gasteiger partial charge in [0, 0.05) is 35.4 Å². The van der Waals surface area contributed by atoms with Gasteiger partial charge in [-0.1, -0.05) is 0 Å². The first kappa shape index (κ1) is 16.2. The molecule has 1 fully saturated rings. The number of ether oxygens (including phenoxy) is 1. The van der Waals surface area contributed by atoms with Crippen LogP contribution in [0.5, 0.6) is 0 Å². The van der Waals surface area contributed by atoms with E-state index in [9.17, 15) is 4.79 Å². The van der Waals surface area contributed by atoms with Gasteiger partial charge in [0.25, 0.3) is 0 Å². The monoisotopic (exact) mass is 403 g/mol. The topological polar surface area (TPSA) is 58.8 Å². The van der Waals surface area contributed by atoms with Crippen LogP contribution in [0.2, 0.25) is 0 Å². The van der Waals surface area contributed by atoms with Crippen LogP contribution in [0.25, 0.3) is 0 Å². The van der Waals surface area contributed by atoms with E-state index in [2.05, 4.69) is 27.5 Å². The van der Waals surface area contributed by atoms with E-state index >= 15 is 0 Å². The van der Waals surface area contributed by atoms with Crippen LogP contribution in [0, 0.1) is 3.57 Å². The second-order valence-electron chi connectivity index (χ2n) is 6.17. The van der Waals surface area contributed by atoms with Crippen molar-refractivity contribution in [1.29, 1.82) is 0 Å². The number of nitrogens with zero attached hydrogens (tertiary/aromatic N) is 2. The fourth-order valence-electron chi connectivity index (χ4n) is 2.24. The van der Waals surface area contributed by atoms with Gasteiger partial charge in [0.05, 0.1) is 5.69 Å². The number of nitrogen functional groups attached to an aromatic ring is 1. The molecular weight excluding hydrogens is 381 g/mol. The molecule has 1 aliphatic heterocycles. The Balaban J connectivity index is 1.95. The van der Waals surface area contributed by atoms with Crippen molar-refractivity contribution in [2.45, 2.75) is 26.4 Å². The summed E-state index contributed by atoms with van der Waals surface area (Å²) in [7, 11) is 0. The zero-order chi connectivity index (χ0) is 15.6. The fourth-order valence-corrected chi connectivity index (χ4v) is 3.12. The first-order chi connectivity index (χ1) is 9.76. The lowest BCUT2D eigenvalue weighted by Gasteiger charge is -2.37. The summed E-state index contributed by atoms with van der Waals surface area (Å²) < 4.78 is 6.55. The largest absolute Gasteiger partial charge is 0.444 e. The first-order valence-corrected chi connectivity index (χ1v) is 8.12. The van der Waals surface area contributed by atoms with E-state index in [1.165, 1.54) is 5.69 Å². The van der Waals surface area contributed by atoms with Gasteiger partial charge in [-0.2, -0.15) is 0 Å². The van der Waals surface area contributed by atoms with E-state index in [0.717, 1.165) is 22.3 Å². The molecule has 0 unspecified atom stereocenters. The van der Waals surface area contributed by atoms with Crippen molar-refractivity contribution in [2.24, 2.45) is 0 Å². The number of carbonyl (C=O) groups is 1. The molecule has 0 radical (unpaired) electrons. The minimum Gasteiger partial charge on any atom is -0.444 e. The van der Waals surface area contributed by atoms with E-state index in [-0.39, 0.29) is 6.09 Å². The van der Waals surface area contributed by atoms with Crippen LogP contribution in [0.15, 0.2) is 18.2 Å². The average Bonchev–Trinajstić information content (AvgIpc) is 2.37. The van der Waals surface area contributed by atoms with Gasteiger partial charge >= 0.3 is 6.09 Å². The summed E-state index contributed by atoms with van der Waals surface area (Å²) in [5.41, 5.74) is 7.29. The summed E-state index contributed by atoms with van der Waals surface area (Å²) in [5.74, 6) is 0. The summed E-state index contributed by atoms with van der Waals surface area (Å²) in [6.07, 6.45) is -0.228. The Bertz CT molecular complexity index is 520. The highest BCUT2D eigenvalue weighted by Crippen LogP contribution is 2.26. The third kappa shape index (κ3) is 4.39. The molecule has 0 bridgehead atoms. The number of hydrogen-bond donors (Lipinski definition) is 1. The Morgan fingerprint density at radius 1 is 1.24 bits per heavy atom. The number of amides is 1. The van der Waals surface area contributed by atoms with Gasteiger partial charge in [0.2, 0.25) is 0 Å². The molecule has 2 N–H and O–H groups in total. The predicted octanol–water partition coefficient (Wildman–Crippen LogP) is 2.93. The highest BCUT2D eigenvalue weighted by molar-refractivity contribution is 14.1. The van der Waals surface area contributed by atoms with Gasteiger partial charge in [-0.3, -0.25) is 0 Å². The summed E-state index contributed by atoms with van der Waals surface area (Å²) in [5, 5.41) is 0. The smallest absolute Gasteiger partial charge is 0.410 e. The molecule has 21 heavy (non-hydrogen) atoms. The van der Waals surface area contributed by atoms with Crippen molar-refractivity contribution in [3.05, 3.63) is 21.8 Å². The van der Waals surface area contributed by atoms with E-state index in [1.807, 2.05) is 39.0 Å². The molecule has 1 saturated heterocycles. The summed E-state index contributed by atoms with van der Waals surface area (Å²) in [4.78, 5) is 16.1. The molecule has 1 aromatic carbocycles. The lowest BCUT2D eigenvalue weighted by Crippen LogP contribution is -2.50. The number of anilines is 2. The molecule has 116 valence electrons. The van der Waals surface area contributed by atoms with Crippen LogP contribution in [0.4, 0.5) is 16.2 Å². The molecular formula is C15H22IN3O2. The van der Waals surface area contributed by atoms with E-state index in [1.54, 1.807) is 4.90 Å². The quantitative estimate of drug-likeness (QED) is 0.579. The Morgan fingerprint density at radius 2 is 1.86 bits per heavy atom. The molecule has 2 rings (SSSR count). The minimum absolute atomic E-state index is 0.228. The van der Waals surface area contributed by atoms with Crippen LogP contribution < -0.4 is 10.6 Å². The molecule has 1 heterocycles. The zero-order valence-electron chi connectivity index (χ0n) is 12.7. The Labute approximate surface area is 139 Å². The summed E-state index contributed by atoms with van der Waals surface area (Å²) >= 11 is 2.30. The molecule has 1 aliphatic rings. The van der Waals surface area contributed by atoms with Crippen molar-refractivity contribution in [3.63, 3.8) is 0 Å². The molecule has 1 aromatic rings. The Hall–Kier alpha value is -1.18. The van der Waals surface area contributed by atoms with Gasteiger partial charge < -0.3 is 20.3 Å². The molecule has 6 heteroatoms. The standard InChI is InChI=1S/C15H22IN3O2/c1-15(2,3)21-14(20)19-8-6-18(7-9-19)13-5-4-11(17)10-12(13)16/h4-5,10H,6-9,17H2,1-3H3. The van der Waals surface area contributed by atoms with Gasteiger partial charge in [-0.25, -0.2) is 4.79 Å². The second kappa shape index (κ2) is 6.29. The highest BCUT2D eigenvalue weighted by Gasteiger charge is 2.26. The van der Waals surface area contributed by atoms with Crippen molar-refractivity contribution in [1.82, 2.24) is 4.90 Å². The van der Waals surface area contributed by atoms with Gasteiger partial charge in [0.15, 0.2) is 0 Å². The van der Waals surface area contributed by atoms with E-state index < -0.39 is 5.60 Å². The highest BCUT2D eigenvalue weighted by atomic mass is 127. The maximum atomic E-state index is 12.0. The SMILES string of the molecule is CC(C)(C)OC(=O)N1CCN(c2ccc(N)cc2I)CC1. The normalized spacial score (nSPS) is 16.0. The van der Waals surface area contributed by atoms with Gasteiger partial charge in [0.1, 0.15) is 5.60 Å². The molecule has 5 nitrogen and oxygen atoms in total. The van der Waals surface area contributed by atoms with Crippen LogP contribution in [-0.2, 0) is 4.74 Å². The van der Waals surface area contributed by atoms with E-state index in [0.29, 0.717) is 13.1 Å². The Kier molecular flexibility index (Phi) is 4.85. The van der Waals surface area contributed by atoms with Crippen LogP contribution in [0.3, 0.4) is 0 Å². The minimum atomic E-state index is -0.444. The molecule has 0 spiro atoms. The fraction of sp³-hybridized carbons (Fsp3) is 0.533. The zero-order valence-corrected chi connectivity index (χ0v) is 14.9. The maximum Gasteiger partial charge on any atom is 0.410 e. The lowest BCUT2D eigenvalue weighted by molar-refractivity contribution is 0.0240. The maximum absolute atomic E-state index is 12.0. The number of hydrogen-bond acceptors (Lipinski definition) is 4. The summed E-state index contributed by atoms with van der Waals surface area (Å²) in [6, 6.07) is 5.92. The molecule has 0 aromatic heterocycles. The molecule has 0 atom stereocenters. The van der Waals surface area contributed by atoms with Crippen molar-refractivity contribution < 1.29 is 9.53 Å². The number of nitrogens with two attached hydrogens (primary N) is 1. The predicted molar refractivity (Wildman–Crippen MR) is 93.6 cm³/mol. The second-order valence-corrected chi connectivity index (χ2v) is 7.33. The number of carbonyl (C=O) groups excluding carboxylic acids is 1. The summed E-state index contributed by atoms with van der Waals surface area (Å²) in [6.45, 7) is 8.62. The Morgan fingerprint density at radius 3 is 2.38 bits per heavy atom. The third-order valence-corrected chi connectivity index (χ3v) is 4.11. The first-order valence-electron chi connectivity index (χ1n) is 7.04. The molecule has 1 amide bonds.